The number of ether oxygens (including phenoxy) is 1. The molecule has 0 aromatic carbocycles. The normalized spacial score (nSPS) is 15.5. The van der Waals surface area contributed by atoms with Crippen molar-refractivity contribution in [2.45, 2.75) is 33.1 Å². The molecule has 1 saturated carbocycles. The Morgan fingerprint density at radius 1 is 1.46 bits per heavy atom. The summed E-state index contributed by atoms with van der Waals surface area (Å²) in [5.41, 5.74) is 0. The minimum absolute atomic E-state index is 0.142. The molecule has 0 atom stereocenters. The van der Waals surface area contributed by atoms with Crippen LogP contribution in [0.2, 0.25) is 0 Å². The van der Waals surface area contributed by atoms with Gasteiger partial charge >= 0.3 is 6.09 Å². The fraction of sp³-hybridized carbons (Fsp3) is 0.900. The van der Waals surface area contributed by atoms with Crippen molar-refractivity contribution >= 4 is 6.09 Å². The molecule has 1 aliphatic rings. The zero-order chi connectivity index (χ0) is 9.68. The third-order valence-electron chi connectivity index (χ3n) is 2.20. The van der Waals surface area contributed by atoms with Crippen LogP contribution in [0.1, 0.15) is 33.1 Å². The molecule has 0 aromatic rings. The van der Waals surface area contributed by atoms with Crippen molar-refractivity contribution in [3.8, 4) is 0 Å². The molecule has 1 aliphatic carbocycles. The summed E-state index contributed by atoms with van der Waals surface area (Å²) in [6, 6.07) is 0. The molecule has 0 radical (unpaired) electrons. The molecule has 0 unspecified atom stereocenters. The molecule has 1 rings (SSSR count). The lowest BCUT2D eigenvalue weighted by Gasteiger charge is -2.20. The minimum Gasteiger partial charge on any atom is -0.450 e. The zero-order valence-corrected chi connectivity index (χ0v) is 8.58. The first-order chi connectivity index (χ1) is 6.27. The number of carbonyl (C=O) groups is 1. The van der Waals surface area contributed by atoms with Gasteiger partial charge in [-0.25, -0.2) is 4.79 Å². The molecule has 0 bridgehead atoms. The highest BCUT2D eigenvalue weighted by Crippen LogP contribution is 2.29. The van der Waals surface area contributed by atoms with Crippen LogP contribution in [0.4, 0.5) is 4.79 Å². The second-order valence-electron chi connectivity index (χ2n) is 3.59. The van der Waals surface area contributed by atoms with Crippen LogP contribution in [0.15, 0.2) is 0 Å². The number of hydrogen-bond donors (Lipinski definition) is 0. The van der Waals surface area contributed by atoms with Crippen molar-refractivity contribution < 1.29 is 9.53 Å². The lowest BCUT2D eigenvalue weighted by Crippen LogP contribution is -2.34. The van der Waals surface area contributed by atoms with E-state index in [0.717, 1.165) is 25.4 Å². The molecule has 1 amide bonds. The summed E-state index contributed by atoms with van der Waals surface area (Å²) in [6.07, 6.45) is 3.42. The molecule has 3 heteroatoms. The molecule has 0 saturated heterocycles. The summed E-state index contributed by atoms with van der Waals surface area (Å²) in [7, 11) is 0. The molecule has 3 nitrogen and oxygen atoms in total. The molecule has 0 spiro atoms. The average molecular weight is 185 g/mol. The van der Waals surface area contributed by atoms with Gasteiger partial charge in [0.25, 0.3) is 0 Å². The molecule has 1 fully saturated rings. The highest BCUT2D eigenvalue weighted by atomic mass is 16.6. The van der Waals surface area contributed by atoms with Crippen LogP contribution in [0.25, 0.3) is 0 Å². The molecule has 0 heterocycles. The van der Waals surface area contributed by atoms with Gasteiger partial charge in [-0.3, -0.25) is 0 Å². The third kappa shape index (κ3) is 3.66. The van der Waals surface area contributed by atoms with Crippen molar-refractivity contribution in [3.63, 3.8) is 0 Å². The van der Waals surface area contributed by atoms with Gasteiger partial charge in [0, 0.05) is 13.1 Å². The second-order valence-corrected chi connectivity index (χ2v) is 3.59. The summed E-state index contributed by atoms with van der Waals surface area (Å²) >= 11 is 0. The van der Waals surface area contributed by atoms with Crippen LogP contribution < -0.4 is 0 Å². The van der Waals surface area contributed by atoms with E-state index in [2.05, 4.69) is 6.92 Å². The Balaban J connectivity index is 2.29. The van der Waals surface area contributed by atoms with Crippen molar-refractivity contribution in [3.05, 3.63) is 0 Å². The fourth-order valence-corrected chi connectivity index (χ4v) is 1.35. The Labute approximate surface area is 80.1 Å². The van der Waals surface area contributed by atoms with Crippen LogP contribution in [-0.2, 0) is 4.74 Å². The maximum Gasteiger partial charge on any atom is 0.409 e. The Hall–Kier alpha value is -0.730. The number of amides is 1. The average Bonchev–Trinajstić information content (AvgIpc) is 2.88. The molecule has 0 N–H and O–H groups in total. The topological polar surface area (TPSA) is 29.5 Å². The Morgan fingerprint density at radius 3 is 2.62 bits per heavy atom. The van der Waals surface area contributed by atoms with E-state index in [0.29, 0.717) is 6.61 Å². The van der Waals surface area contributed by atoms with E-state index in [1.54, 1.807) is 0 Å². The van der Waals surface area contributed by atoms with Crippen molar-refractivity contribution in [1.29, 1.82) is 0 Å². The van der Waals surface area contributed by atoms with Gasteiger partial charge in [-0.1, -0.05) is 6.92 Å². The minimum atomic E-state index is -0.142. The van der Waals surface area contributed by atoms with Crippen LogP contribution in [-0.4, -0.2) is 30.7 Å². The van der Waals surface area contributed by atoms with Gasteiger partial charge in [0.1, 0.15) is 0 Å². The second kappa shape index (κ2) is 5.10. The molecule has 0 aromatic heterocycles. The van der Waals surface area contributed by atoms with Crippen molar-refractivity contribution in [1.82, 2.24) is 4.90 Å². The highest BCUT2D eigenvalue weighted by molar-refractivity contribution is 5.67. The summed E-state index contributed by atoms with van der Waals surface area (Å²) < 4.78 is 4.97. The lowest BCUT2D eigenvalue weighted by atomic mass is 10.3. The van der Waals surface area contributed by atoms with Gasteiger partial charge in [-0.15, -0.1) is 0 Å². The first-order valence-electron chi connectivity index (χ1n) is 5.19. The SMILES string of the molecule is CCCN(CC1CC1)C(=O)OCC. The smallest absolute Gasteiger partial charge is 0.409 e. The lowest BCUT2D eigenvalue weighted by molar-refractivity contribution is 0.105. The molecular weight excluding hydrogens is 166 g/mol. The molecule has 76 valence electrons. The summed E-state index contributed by atoms with van der Waals surface area (Å²) in [6.45, 7) is 6.13. The van der Waals surface area contributed by atoms with Crippen LogP contribution in [0.5, 0.6) is 0 Å². The van der Waals surface area contributed by atoms with Crippen LogP contribution >= 0.6 is 0 Å². The number of rotatable bonds is 5. The molecule has 13 heavy (non-hydrogen) atoms. The van der Waals surface area contributed by atoms with E-state index in [9.17, 15) is 4.79 Å². The number of carbonyl (C=O) groups excluding carboxylic acids is 1. The predicted molar refractivity (Wildman–Crippen MR) is 51.6 cm³/mol. The monoisotopic (exact) mass is 185 g/mol. The Morgan fingerprint density at radius 2 is 2.15 bits per heavy atom. The van der Waals surface area contributed by atoms with Gasteiger partial charge < -0.3 is 9.64 Å². The predicted octanol–water partition coefficient (Wildman–Crippen LogP) is 2.26. The van der Waals surface area contributed by atoms with E-state index in [1.807, 2.05) is 11.8 Å². The molecule has 0 aliphatic heterocycles. The van der Waals surface area contributed by atoms with E-state index >= 15 is 0 Å². The van der Waals surface area contributed by atoms with Gasteiger partial charge in [0.2, 0.25) is 0 Å². The van der Waals surface area contributed by atoms with E-state index in [1.165, 1.54) is 12.8 Å². The third-order valence-corrected chi connectivity index (χ3v) is 2.20. The number of nitrogens with zero attached hydrogens (tertiary/aromatic N) is 1. The van der Waals surface area contributed by atoms with Gasteiger partial charge in [0.05, 0.1) is 6.61 Å². The van der Waals surface area contributed by atoms with E-state index in [4.69, 9.17) is 4.74 Å². The van der Waals surface area contributed by atoms with Gasteiger partial charge in [0.15, 0.2) is 0 Å². The van der Waals surface area contributed by atoms with Crippen LogP contribution in [0.3, 0.4) is 0 Å². The van der Waals surface area contributed by atoms with E-state index < -0.39 is 0 Å². The van der Waals surface area contributed by atoms with Gasteiger partial charge in [-0.2, -0.15) is 0 Å². The number of hydrogen-bond acceptors (Lipinski definition) is 2. The Bertz CT molecular complexity index is 166. The maximum absolute atomic E-state index is 11.4. The first kappa shape index (κ1) is 10.4. The Kier molecular flexibility index (Phi) is 4.06. The first-order valence-corrected chi connectivity index (χ1v) is 5.19. The summed E-state index contributed by atoms with van der Waals surface area (Å²) in [5.74, 6) is 0.746. The van der Waals surface area contributed by atoms with E-state index in [-0.39, 0.29) is 6.09 Å². The van der Waals surface area contributed by atoms with Gasteiger partial charge in [-0.05, 0) is 32.1 Å². The fourth-order valence-electron chi connectivity index (χ4n) is 1.35. The van der Waals surface area contributed by atoms with Crippen LogP contribution in [0, 0.1) is 5.92 Å². The molecular formula is C10H19NO2. The maximum atomic E-state index is 11.4. The highest BCUT2D eigenvalue weighted by Gasteiger charge is 2.26. The summed E-state index contributed by atoms with van der Waals surface area (Å²) in [5, 5.41) is 0. The zero-order valence-electron chi connectivity index (χ0n) is 8.58. The quantitative estimate of drug-likeness (QED) is 0.657. The summed E-state index contributed by atoms with van der Waals surface area (Å²) in [4.78, 5) is 13.2. The largest absolute Gasteiger partial charge is 0.450 e. The van der Waals surface area contributed by atoms with Crippen molar-refractivity contribution in [2.24, 2.45) is 5.92 Å². The van der Waals surface area contributed by atoms with Crippen molar-refractivity contribution in [2.75, 3.05) is 19.7 Å². The standard InChI is InChI=1S/C10H19NO2/c1-3-7-11(8-9-5-6-9)10(12)13-4-2/h9H,3-8H2,1-2H3.